The molecule has 92 valence electrons. The predicted molar refractivity (Wildman–Crippen MR) is 69.2 cm³/mol. The molecule has 0 amide bonds. The summed E-state index contributed by atoms with van der Waals surface area (Å²) in [5.41, 5.74) is 0.731. The van der Waals surface area contributed by atoms with E-state index in [1.165, 1.54) is 6.21 Å². The minimum absolute atomic E-state index is 0.147. The van der Waals surface area contributed by atoms with E-state index in [9.17, 15) is 0 Å². The van der Waals surface area contributed by atoms with E-state index in [2.05, 4.69) is 23.0 Å². The van der Waals surface area contributed by atoms with Gasteiger partial charge in [0.05, 0.1) is 6.21 Å². The van der Waals surface area contributed by atoms with Crippen LogP contribution in [0, 0.1) is 12.3 Å². The second kappa shape index (κ2) is 6.97. The molecule has 0 saturated heterocycles. The van der Waals surface area contributed by atoms with Gasteiger partial charge in [-0.15, -0.1) is 6.42 Å². The van der Waals surface area contributed by atoms with E-state index in [-0.39, 0.29) is 6.61 Å². The van der Waals surface area contributed by atoms with Crippen molar-refractivity contribution in [2.24, 2.45) is 12.2 Å². The second-order valence-corrected chi connectivity index (χ2v) is 3.94. The number of aromatic nitrogens is 2. The summed E-state index contributed by atoms with van der Waals surface area (Å²) in [5, 5.41) is 4.17. The Balaban J connectivity index is 2.75. The molecule has 1 heterocycles. The number of rotatable bonds is 6. The van der Waals surface area contributed by atoms with E-state index in [0.717, 1.165) is 30.8 Å². The van der Waals surface area contributed by atoms with Crippen LogP contribution in [0.25, 0.3) is 0 Å². The zero-order chi connectivity index (χ0) is 12.7. The molecule has 0 spiro atoms. The fraction of sp³-hybridized carbons (Fsp3) is 0.500. The first-order valence-corrected chi connectivity index (χ1v) is 5.88. The third-order valence-corrected chi connectivity index (χ3v) is 2.62. The molecule has 0 fully saturated rings. The van der Waals surface area contributed by atoms with Gasteiger partial charge in [-0.1, -0.05) is 36.0 Å². The molecule has 0 radical (unpaired) electrons. The monoisotopic (exact) mass is 253 g/mol. The normalized spacial score (nSPS) is 10.7. The molecule has 0 N–H and O–H groups in total. The van der Waals surface area contributed by atoms with Gasteiger partial charge in [0.25, 0.3) is 0 Å². The number of imidazole rings is 1. The highest BCUT2D eigenvalue weighted by molar-refractivity contribution is 6.31. The summed E-state index contributed by atoms with van der Waals surface area (Å²) >= 11 is 6.02. The zero-order valence-corrected chi connectivity index (χ0v) is 10.9. The van der Waals surface area contributed by atoms with Crippen molar-refractivity contribution in [1.29, 1.82) is 0 Å². The molecule has 5 heteroatoms. The lowest BCUT2D eigenvalue weighted by atomic mass is 10.2. The first kappa shape index (κ1) is 13.6. The summed E-state index contributed by atoms with van der Waals surface area (Å²) in [6, 6.07) is 0. The van der Waals surface area contributed by atoms with E-state index >= 15 is 0 Å². The van der Waals surface area contributed by atoms with Gasteiger partial charge in [-0.3, -0.25) is 0 Å². The van der Waals surface area contributed by atoms with Gasteiger partial charge >= 0.3 is 0 Å². The highest BCUT2D eigenvalue weighted by Gasteiger charge is 2.10. The molecular formula is C12H16ClN3O. The number of aryl methyl sites for hydroxylation is 1. The van der Waals surface area contributed by atoms with Crippen LogP contribution in [0.2, 0.25) is 5.15 Å². The van der Waals surface area contributed by atoms with Crippen molar-refractivity contribution in [2.45, 2.75) is 26.2 Å². The number of terminal acetylenes is 1. The lowest BCUT2D eigenvalue weighted by Crippen LogP contribution is -2.02. The Hall–Kier alpha value is -1.47. The molecule has 1 rings (SSSR count). The Morgan fingerprint density at radius 2 is 2.41 bits per heavy atom. The topological polar surface area (TPSA) is 39.4 Å². The average molecular weight is 254 g/mol. The summed E-state index contributed by atoms with van der Waals surface area (Å²) in [6.07, 6.45) is 9.69. The fourth-order valence-corrected chi connectivity index (χ4v) is 1.66. The summed E-state index contributed by atoms with van der Waals surface area (Å²) < 4.78 is 1.92. The van der Waals surface area contributed by atoms with Crippen LogP contribution in [0.5, 0.6) is 0 Å². The molecular weight excluding hydrogens is 238 g/mol. The Morgan fingerprint density at radius 1 is 1.65 bits per heavy atom. The van der Waals surface area contributed by atoms with E-state index < -0.39 is 0 Å². The standard InChI is InChI=1S/C12H16ClN3O/c1-4-6-7-11-15-12(13)10(16(11)3)9-14-17-8-5-2/h2,9H,4,6-8H2,1,3H3/b14-9+. The molecule has 1 aromatic rings. The molecule has 0 aromatic carbocycles. The maximum absolute atomic E-state index is 6.02. The van der Waals surface area contributed by atoms with Gasteiger partial charge in [0.1, 0.15) is 11.5 Å². The first-order valence-electron chi connectivity index (χ1n) is 5.50. The van der Waals surface area contributed by atoms with Crippen molar-refractivity contribution in [3.63, 3.8) is 0 Å². The molecule has 1 aromatic heterocycles. The molecule has 0 saturated carbocycles. The molecule has 0 aliphatic rings. The minimum Gasteiger partial charge on any atom is -0.383 e. The molecule has 0 bridgehead atoms. The number of oxime groups is 1. The number of hydrogen-bond acceptors (Lipinski definition) is 3. The average Bonchev–Trinajstić information content (AvgIpc) is 2.58. The number of hydrogen-bond donors (Lipinski definition) is 0. The van der Waals surface area contributed by atoms with Crippen LogP contribution in [0.1, 0.15) is 31.3 Å². The Labute approximate surface area is 107 Å². The van der Waals surface area contributed by atoms with Gasteiger partial charge in [-0.25, -0.2) is 4.98 Å². The van der Waals surface area contributed by atoms with E-state index in [1.807, 2.05) is 11.6 Å². The first-order chi connectivity index (χ1) is 8.20. The summed E-state index contributed by atoms with van der Waals surface area (Å²) in [4.78, 5) is 9.11. The Bertz CT molecular complexity index is 432. The lowest BCUT2D eigenvalue weighted by molar-refractivity contribution is 0.181. The maximum Gasteiger partial charge on any atom is 0.177 e. The Kier molecular flexibility index (Phi) is 5.58. The van der Waals surface area contributed by atoms with Crippen LogP contribution in [-0.4, -0.2) is 22.4 Å². The highest BCUT2D eigenvalue weighted by atomic mass is 35.5. The van der Waals surface area contributed by atoms with Crippen molar-refractivity contribution in [1.82, 2.24) is 9.55 Å². The molecule has 17 heavy (non-hydrogen) atoms. The molecule has 4 nitrogen and oxygen atoms in total. The number of halogens is 1. The van der Waals surface area contributed by atoms with Gasteiger partial charge in [0, 0.05) is 13.5 Å². The van der Waals surface area contributed by atoms with Crippen molar-refractivity contribution >= 4 is 17.8 Å². The third kappa shape index (κ3) is 3.79. The fourth-order valence-electron chi connectivity index (χ4n) is 1.38. The molecule has 0 atom stereocenters. The van der Waals surface area contributed by atoms with Gasteiger partial charge in [-0.2, -0.15) is 0 Å². The highest BCUT2D eigenvalue weighted by Crippen LogP contribution is 2.15. The van der Waals surface area contributed by atoms with Gasteiger partial charge in [0.15, 0.2) is 11.8 Å². The number of nitrogens with zero attached hydrogens (tertiary/aromatic N) is 3. The van der Waals surface area contributed by atoms with Gasteiger partial charge < -0.3 is 9.40 Å². The SMILES string of the molecule is C#CCO/N=C/c1c(Cl)nc(CCCC)n1C. The van der Waals surface area contributed by atoms with Crippen LogP contribution in [-0.2, 0) is 18.3 Å². The summed E-state index contributed by atoms with van der Waals surface area (Å²) in [6.45, 7) is 2.29. The second-order valence-electron chi connectivity index (χ2n) is 3.58. The number of unbranched alkanes of at least 4 members (excludes halogenated alkanes) is 1. The minimum atomic E-state index is 0.147. The largest absolute Gasteiger partial charge is 0.383 e. The maximum atomic E-state index is 6.02. The lowest BCUT2D eigenvalue weighted by Gasteiger charge is -2.01. The molecule has 0 aliphatic carbocycles. The molecule has 0 unspecified atom stereocenters. The third-order valence-electron chi connectivity index (χ3n) is 2.34. The van der Waals surface area contributed by atoms with Crippen LogP contribution in [0.4, 0.5) is 0 Å². The van der Waals surface area contributed by atoms with Gasteiger partial charge in [0.2, 0.25) is 0 Å². The van der Waals surface area contributed by atoms with Gasteiger partial charge in [-0.05, 0) is 6.42 Å². The van der Waals surface area contributed by atoms with E-state index in [4.69, 9.17) is 22.9 Å². The summed E-state index contributed by atoms with van der Waals surface area (Å²) in [7, 11) is 1.91. The predicted octanol–water partition coefficient (Wildman–Crippen LogP) is 2.40. The van der Waals surface area contributed by atoms with E-state index in [0.29, 0.717) is 5.15 Å². The van der Waals surface area contributed by atoms with Crippen molar-refractivity contribution in [3.05, 3.63) is 16.7 Å². The molecule has 0 aliphatic heterocycles. The van der Waals surface area contributed by atoms with Crippen LogP contribution < -0.4 is 0 Å². The Morgan fingerprint density at radius 3 is 3.06 bits per heavy atom. The van der Waals surface area contributed by atoms with Crippen molar-refractivity contribution in [3.8, 4) is 12.3 Å². The summed E-state index contributed by atoms with van der Waals surface area (Å²) in [5.74, 6) is 3.28. The van der Waals surface area contributed by atoms with E-state index in [1.54, 1.807) is 0 Å². The smallest absolute Gasteiger partial charge is 0.177 e. The van der Waals surface area contributed by atoms with Crippen LogP contribution in [0.3, 0.4) is 0 Å². The van der Waals surface area contributed by atoms with Crippen LogP contribution in [0.15, 0.2) is 5.16 Å². The van der Waals surface area contributed by atoms with Crippen LogP contribution >= 0.6 is 11.6 Å². The van der Waals surface area contributed by atoms with Crippen molar-refractivity contribution in [2.75, 3.05) is 6.61 Å². The quantitative estimate of drug-likeness (QED) is 0.338. The zero-order valence-electron chi connectivity index (χ0n) is 10.1. The van der Waals surface area contributed by atoms with Crippen molar-refractivity contribution < 1.29 is 4.84 Å².